The number of rotatable bonds is 5. The molecule has 0 bridgehead atoms. The predicted molar refractivity (Wildman–Crippen MR) is 83.5 cm³/mol. The molecule has 8 heteroatoms. The largest absolute Gasteiger partial charge is 0.339 e. The van der Waals surface area contributed by atoms with Crippen LogP contribution in [0.25, 0.3) is 11.4 Å². The standard InChI is InChI=1S/C15H13FN4O2S/c1-9-8-17-15(23-9)18-12(21)6-7-13-19-14(20-22-13)10-2-4-11(16)5-3-10/h2-5,8H,6-7H2,1H3,(H,17,18,21). The lowest BCUT2D eigenvalue weighted by Crippen LogP contribution is -2.12. The van der Waals surface area contributed by atoms with Gasteiger partial charge in [0.25, 0.3) is 0 Å². The molecule has 6 nitrogen and oxygen atoms in total. The average molecular weight is 332 g/mol. The molecule has 0 radical (unpaired) electrons. The van der Waals surface area contributed by atoms with Crippen LogP contribution in [0.2, 0.25) is 0 Å². The molecule has 1 aromatic carbocycles. The number of carbonyl (C=O) groups excluding carboxylic acids is 1. The Morgan fingerprint density at radius 2 is 2.13 bits per heavy atom. The second kappa shape index (κ2) is 6.66. The van der Waals surface area contributed by atoms with Gasteiger partial charge in [0.15, 0.2) is 5.13 Å². The van der Waals surface area contributed by atoms with Crippen LogP contribution in [0.15, 0.2) is 35.0 Å². The van der Waals surface area contributed by atoms with Gasteiger partial charge in [-0.25, -0.2) is 9.37 Å². The summed E-state index contributed by atoms with van der Waals surface area (Å²) in [4.78, 5) is 21.1. The fourth-order valence-corrected chi connectivity index (χ4v) is 2.57. The van der Waals surface area contributed by atoms with Gasteiger partial charge in [0, 0.05) is 29.5 Å². The van der Waals surface area contributed by atoms with E-state index in [2.05, 4.69) is 20.4 Å². The number of amides is 1. The Hall–Kier alpha value is -2.61. The minimum Gasteiger partial charge on any atom is -0.339 e. The third-order valence-corrected chi connectivity index (χ3v) is 3.83. The lowest BCUT2D eigenvalue weighted by atomic mass is 10.2. The van der Waals surface area contributed by atoms with Crippen LogP contribution in [0.5, 0.6) is 0 Å². The lowest BCUT2D eigenvalue weighted by molar-refractivity contribution is -0.116. The SMILES string of the molecule is Cc1cnc(NC(=O)CCc2nc(-c3ccc(F)cc3)no2)s1. The van der Waals surface area contributed by atoms with Crippen molar-refractivity contribution in [3.05, 3.63) is 47.0 Å². The second-order valence-electron chi connectivity index (χ2n) is 4.84. The van der Waals surface area contributed by atoms with Gasteiger partial charge in [-0.15, -0.1) is 11.3 Å². The van der Waals surface area contributed by atoms with Crippen molar-refractivity contribution in [2.24, 2.45) is 0 Å². The molecule has 0 unspecified atom stereocenters. The lowest BCUT2D eigenvalue weighted by Gasteiger charge is -1.98. The van der Waals surface area contributed by atoms with Crippen LogP contribution in [0.1, 0.15) is 17.2 Å². The second-order valence-corrected chi connectivity index (χ2v) is 6.08. The first-order valence-electron chi connectivity index (χ1n) is 6.91. The number of hydrogen-bond acceptors (Lipinski definition) is 6. The van der Waals surface area contributed by atoms with Gasteiger partial charge in [0.1, 0.15) is 5.82 Å². The fraction of sp³-hybridized carbons (Fsp3) is 0.200. The van der Waals surface area contributed by atoms with Crippen LogP contribution in [-0.4, -0.2) is 21.0 Å². The minimum atomic E-state index is -0.327. The van der Waals surface area contributed by atoms with E-state index in [1.807, 2.05) is 6.92 Å². The summed E-state index contributed by atoms with van der Waals surface area (Å²) in [7, 11) is 0. The quantitative estimate of drug-likeness (QED) is 0.776. The van der Waals surface area contributed by atoms with E-state index in [4.69, 9.17) is 4.52 Å². The van der Waals surface area contributed by atoms with E-state index in [9.17, 15) is 9.18 Å². The third kappa shape index (κ3) is 3.98. The number of hydrogen-bond donors (Lipinski definition) is 1. The molecule has 0 atom stereocenters. The van der Waals surface area contributed by atoms with E-state index in [0.29, 0.717) is 28.8 Å². The Balaban J connectivity index is 1.56. The summed E-state index contributed by atoms with van der Waals surface area (Å²) in [6.07, 6.45) is 2.24. The van der Waals surface area contributed by atoms with Gasteiger partial charge < -0.3 is 9.84 Å². The summed E-state index contributed by atoms with van der Waals surface area (Å²) < 4.78 is 18.0. The number of anilines is 1. The first kappa shape index (κ1) is 15.3. The highest BCUT2D eigenvalue weighted by Gasteiger charge is 2.11. The fourth-order valence-electron chi connectivity index (χ4n) is 1.89. The number of thiazole rings is 1. The molecule has 23 heavy (non-hydrogen) atoms. The molecule has 2 heterocycles. The predicted octanol–water partition coefficient (Wildman–Crippen LogP) is 3.21. The van der Waals surface area contributed by atoms with E-state index < -0.39 is 0 Å². The molecule has 3 aromatic rings. The number of nitrogens with zero attached hydrogens (tertiary/aromatic N) is 3. The molecule has 2 aromatic heterocycles. The third-order valence-electron chi connectivity index (χ3n) is 3.00. The molecule has 1 N–H and O–H groups in total. The topological polar surface area (TPSA) is 80.9 Å². The number of halogens is 1. The number of nitrogens with one attached hydrogen (secondary N) is 1. The van der Waals surface area contributed by atoms with Crippen LogP contribution >= 0.6 is 11.3 Å². The van der Waals surface area contributed by atoms with Crippen LogP contribution in [0.3, 0.4) is 0 Å². The summed E-state index contributed by atoms with van der Waals surface area (Å²) in [6, 6.07) is 5.80. The van der Waals surface area contributed by atoms with E-state index >= 15 is 0 Å². The van der Waals surface area contributed by atoms with Crippen molar-refractivity contribution in [1.82, 2.24) is 15.1 Å². The first-order chi connectivity index (χ1) is 11.1. The monoisotopic (exact) mass is 332 g/mol. The Kier molecular flexibility index (Phi) is 4.42. The van der Waals surface area contributed by atoms with Gasteiger partial charge in [-0.1, -0.05) is 5.16 Å². The Morgan fingerprint density at radius 3 is 2.83 bits per heavy atom. The highest BCUT2D eigenvalue weighted by Crippen LogP contribution is 2.18. The maximum atomic E-state index is 12.9. The molecular formula is C15H13FN4O2S. The van der Waals surface area contributed by atoms with Gasteiger partial charge in [0.2, 0.25) is 17.6 Å². The zero-order chi connectivity index (χ0) is 16.2. The number of aryl methyl sites for hydroxylation is 2. The highest BCUT2D eigenvalue weighted by atomic mass is 32.1. The minimum absolute atomic E-state index is 0.166. The van der Waals surface area contributed by atoms with Gasteiger partial charge in [-0.05, 0) is 31.2 Å². The van der Waals surface area contributed by atoms with Crippen molar-refractivity contribution in [1.29, 1.82) is 0 Å². The van der Waals surface area contributed by atoms with Gasteiger partial charge in [-0.2, -0.15) is 4.98 Å². The molecule has 0 saturated heterocycles. The van der Waals surface area contributed by atoms with Crippen LogP contribution in [0.4, 0.5) is 9.52 Å². The van der Waals surface area contributed by atoms with Crippen LogP contribution in [-0.2, 0) is 11.2 Å². The molecule has 0 aliphatic rings. The van der Waals surface area contributed by atoms with E-state index in [1.54, 1.807) is 18.3 Å². The smallest absolute Gasteiger partial charge is 0.227 e. The van der Waals surface area contributed by atoms with Crippen molar-refractivity contribution in [2.75, 3.05) is 5.32 Å². The maximum absolute atomic E-state index is 12.9. The summed E-state index contributed by atoms with van der Waals surface area (Å²) in [5.74, 6) is 0.234. The summed E-state index contributed by atoms with van der Waals surface area (Å²) in [5, 5.41) is 7.12. The molecule has 0 fully saturated rings. The normalized spacial score (nSPS) is 10.7. The zero-order valence-electron chi connectivity index (χ0n) is 12.2. The highest BCUT2D eigenvalue weighted by molar-refractivity contribution is 7.15. The van der Waals surface area contributed by atoms with E-state index in [1.165, 1.54) is 23.5 Å². The van der Waals surface area contributed by atoms with Crippen LogP contribution in [0, 0.1) is 12.7 Å². The van der Waals surface area contributed by atoms with Gasteiger partial charge >= 0.3 is 0 Å². The molecule has 3 rings (SSSR count). The summed E-state index contributed by atoms with van der Waals surface area (Å²) in [5.41, 5.74) is 0.657. The van der Waals surface area contributed by atoms with E-state index in [-0.39, 0.29) is 18.1 Å². The molecule has 0 spiro atoms. The summed E-state index contributed by atoms with van der Waals surface area (Å²) >= 11 is 1.42. The van der Waals surface area contributed by atoms with Gasteiger partial charge in [-0.3, -0.25) is 4.79 Å². The first-order valence-corrected chi connectivity index (χ1v) is 7.72. The molecule has 0 aliphatic heterocycles. The molecule has 0 saturated carbocycles. The van der Waals surface area contributed by atoms with Crippen molar-refractivity contribution < 1.29 is 13.7 Å². The van der Waals surface area contributed by atoms with Gasteiger partial charge in [0.05, 0.1) is 0 Å². The van der Waals surface area contributed by atoms with E-state index in [0.717, 1.165) is 4.88 Å². The number of benzene rings is 1. The number of carbonyl (C=O) groups is 1. The Bertz CT molecular complexity index is 813. The van der Waals surface area contributed by atoms with Crippen molar-refractivity contribution in [2.45, 2.75) is 19.8 Å². The Labute approximate surface area is 135 Å². The summed E-state index contributed by atoms with van der Waals surface area (Å²) in [6.45, 7) is 1.92. The zero-order valence-corrected chi connectivity index (χ0v) is 13.1. The molecule has 118 valence electrons. The van der Waals surface area contributed by atoms with Crippen molar-refractivity contribution >= 4 is 22.4 Å². The Morgan fingerprint density at radius 1 is 1.35 bits per heavy atom. The maximum Gasteiger partial charge on any atom is 0.227 e. The number of aromatic nitrogens is 3. The van der Waals surface area contributed by atoms with Crippen molar-refractivity contribution in [3.8, 4) is 11.4 Å². The molecular weight excluding hydrogens is 319 g/mol. The van der Waals surface area contributed by atoms with Crippen molar-refractivity contribution in [3.63, 3.8) is 0 Å². The average Bonchev–Trinajstić information content (AvgIpc) is 3.15. The van der Waals surface area contributed by atoms with Crippen LogP contribution < -0.4 is 5.32 Å². The molecule has 0 aliphatic carbocycles. The molecule has 1 amide bonds.